The van der Waals surface area contributed by atoms with Crippen LogP contribution in [-0.2, 0) is 6.42 Å². The van der Waals surface area contributed by atoms with Gasteiger partial charge in [0.1, 0.15) is 0 Å². The summed E-state index contributed by atoms with van der Waals surface area (Å²) < 4.78 is 0. The van der Waals surface area contributed by atoms with Crippen molar-refractivity contribution in [2.45, 2.75) is 32.2 Å². The molecule has 23 heavy (non-hydrogen) atoms. The van der Waals surface area contributed by atoms with E-state index in [1.54, 1.807) is 0 Å². The molecule has 0 radical (unpaired) electrons. The molecule has 0 bridgehead atoms. The Labute approximate surface area is 136 Å². The molecule has 2 atom stereocenters. The van der Waals surface area contributed by atoms with Crippen LogP contribution in [0.3, 0.4) is 0 Å². The summed E-state index contributed by atoms with van der Waals surface area (Å²) in [5.41, 5.74) is 5.83. The summed E-state index contributed by atoms with van der Waals surface area (Å²) in [6, 6.07) is 16.6. The van der Waals surface area contributed by atoms with Crippen LogP contribution in [0.5, 0.6) is 0 Å². The van der Waals surface area contributed by atoms with E-state index in [0.717, 1.165) is 30.5 Å². The van der Waals surface area contributed by atoms with E-state index >= 15 is 0 Å². The van der Waals surface area contributed by atoms with Gasteiger partial charge in [-0.2, -0.15) is 4.99 Å². The highest BCUT2D eigenvalue weighted by Gasteiger charge is 2.35. The fraction of sp³-hybridized carbons (Fsp3) is 0.300. The Hall–Kier alpha value is -2.42. The van der Waals surface area contributed by atoms with Crippen molar-refractivity contribution in [3.05, 3.63) is 70.8 Å². The summed E-state index contributed by atoms with van der Waals surface area (Å²) in [6.07, 6.45) is 3.23. The third-order valence-corrected chi connectivity index (χ3v) is 4.95. The van der Waals surface area contributed by atoms with Crippen molar-refractivity contribution in [3.63, 3.8) is 0 Å². The normalized spacial score (nSPS) is 23.2. The van der Waals surface area contributed by atoms with Crippen LogP contribution in [0.4, 0.5) is 4.79 Å². The number of carbonyl (C=O) groups excluding carboxylic acids is 1. The minimum Gasteiger partial charge on any atom is -0.329 e. The van der Waals surface area contributed by atoms with Gasteiger partial charge in [-0.05, 0) is 42.9 Å². The summed E-state index contributed by atoms with van der Waals surface area (Å²) in [5, 5.41) is 3.08. The van der Waals surface area contributed by atoms with Gasteiger partial charge >= 0.3 is 6.03 Å². The second-order valence-electron chi connectivity index (χ2n) is 6.49. The molecule has 1 heterocycles. The number of carbonyl (C=O) groups is 1. The summed E-state index contributed by atoms with van der Waals surface area (Å²) in [4.78, 5) is 16.6. The first kappa shape index (κ1) is 14.2. The van der Waals surface area contributed by atoms with Gasteiger partial charge in [-0.3, -0.25) is 0 Å². The summed E-state index contributed by atoms with van der Waals surface area (Å²) in [5.74, 6) is 0.249. The van der Waals surface area contributed by atoms with Gasteiger partial charge in [0.2, 0.25) is 0 Å². The number of hydrogen-bond donors (Lipinski definition) is 1. The molecule has 0 saturated heterocycles. The molecule has 0 spiro atoms. The Balaban J connectivity index is 1.80. The number of nitrogens with zero attached hydrogens (tertiary/aromatic N) is 1. The molecular formula is C20H20N2O. The lowest BCUT2D eigenvalue weighted by Gasteiger charge is -2.32. The van der Waals surface area contributed by atoms with E-state index in [2.05, 4.69) is 59.7 Å². The molecular weight excluding hydrogens is 284 g/mol. The quantitative estimate of drug-likeness (QED) is 0.843. The number of fused-ring (bicyclic) bond motifs is 3. The van der Waals surface area contributed by atoms with Crippen molar-refractivity contribution in [1.82, 2.24) is 5.32 Å². The van der Waals surface area contributed by atoms with Crippen LogP contribution >= 0.6 is 0 Å². The number of hydrogen-bond acceptors (Lipinski definition) is 1. The minimum atomic E-state index is -0.224. The number of aliphatic imine (C=N–C) groups is 1. The van der Waals surface area contributed by atoms with E-state index in [1.807, 2.05) is 6.07 Å². The third kappa shape index (κ3) is 2.56. The maximum absolute atomic E-state index is 12.2. The number of amides is 2. The molecule has 2 unspecified atom stereocenters. The molecule has 3 nitrogen and oxygen atoms in total. The van der Waals surface area contributed by atoms with Gasteiger partial charge in [-0.25, -0.2) is 4.79 Å². The van der Waals surface area contributed by atoms with E-state index in [9.17, 15) is 4.79 Å². The van der Waals surface area contributed by atoms with E-state index in [-0.39, 0.29) is 18.0 Å². The topological polar surface area (TPSA) is 41.5 Å². The Kier molecular flexibility index (Phi) is 3.49. The highest BCUT2D eigenvalue weighted by molar-refractivity contribution is 6.10. The van der Waals surface area contributed by atoms with Gasteiger partial charge in [0.05, 0.1) is 11.8 Å². The standard InChI is InChI=1S/C20H20N2O/c1-13-9-11-15(12-10-13)18-17-8-4-6-14-5-2-3-7-16(14)19(17)22-20(23)21-18/h2-3,5,7,9-12,17-18H,4,6,8H2,1H3,(H,21,23). The molecule has 1 aliphatic heterocycles. The Morgan fingerprint density at radius 1 is 1.09 bits per heavy atom. The molecule has 1 N–H and O–H groups in total. The van der Waals surface area contributed by atoms with Crippen LogP contribution in [0.15, 0.2) is 53.5 Å². The molecule has 2 aromatic carbocycles. The lowest BCUT2D eigenvalue weighted by atomic mass is 9.83. The highest BCUT2D eigenvalue weighted by Crippen LogP contribution is 2.36. The van der Waals surface area contributed by atoms with Gasteiger partial charge in [-0.1, -0.05) is 54.1 Å². The monoisotopic (exact) mass is 304 g/mol. The number of benzene rings is 2. The van der Waals surface area contributed by atoms with Crippen molar-refractivity contribution in [2.75, 3.05) is 0 Å². The van der Waals surface area contributed by atoms with Gasteiger partial charge in [0.25, 0.3) is 0 Å². The molecule has 1 aliphatic carbocycles. The lowest BCUT2D eigenvalue weighted by Crippen LogP contribution is -2.41. The Morgan fingerprint density at radius 2 is 1.87 bits per heavy atom. The van der Waals surface area contributed by atoms with E-state index < -0.39 is 0 Å². The van der Waals surface area contributed by atoms with Crippen molar-refractivity contribution in [1.29, 1.82) is 0 Å². The largest absolute Gasteiger partial charge is 0.341 e. The van der Waals surface area contributed by atoms with Crippen LogP contribution in [0.1, 0.15) is 41.1 Å². The highest BCUT2D eigenvalue weighted by atomic mass is 16.2. The molecule has 2 aromatic rings. The van der Waals surface area contributed by atoms with Crippen molar-refractivity contribution in [2.24, 2.45) is 10.9 Å². The predicted octanol–water partition coefficient (Wildman–Crippen LogP) is 4.20. The van der Waals surface area contributed by atoms with Gasteiger partial charge in [0, 0.05) is 5.92 Å². The third-order valence-electron chi connectivity index (χ3n) is 4.95. The molecule has 0 saturated carbocycles. The van der Waals surface area contributed by atoms with Crippen LogP contribution in [-0.4, -0.2) is 11.7 Å². The second-order valence-corrected chi connectivity index (χ2v) is 6.49. The summed E-state index contributed by atoms with van der Waals surface area (Å²) in [7, 11) is 0. The molecule has 2 aliphatic rings. The average molecular weight is 304 g/mol. The van der Waals surface area contributed by atoms with Gasteiger partial charge < -0.3 is 5.32 Å². The minimum absolute atomic E-state index is 0.0155. The van der Waals surface area contributed by atoms with Crippen molar-refractivity contribution in [3.8, 4) is 0 Å². The smallest absolute Gasteiger partial charge is 0.329 e. The van der Waals surface area contributed by atoms with Crippen LogP contribution in [0.25, 0.3) is 0 Å². The maximum Gasteiger partial charge on any atom is 0.341 e. The van der Waals surface area contributed by atoms with E-state index in [4.69, 9.17) is 0 Å². The molecule has 0 fully saturated rings. The van der Waals surface area contributed by atoms with Gasteiger partial charge in [0.15, 0.2) is 0 Å². The number of aryl methyl sites for hydroxylation is 2. The fourth-order valence-corrected chi connectivity index (χ4v) is 3.77. The summed E-state index contributed by atoms with van der Waals surface area (Å²) in [6.45, 7) is 2.08. The van der Waals surface area contributed by atoms with Crippen LogP contribution < -0.4 is 5.32 Å². The first-order valence-electron chi connectivity index (χ1n) is 8.26. The maximum atomic E-state index is 12.2. The first-order valence-corrected chi connectivity index (χ1v) is 8.26. The Bertz CT molecular complexity index is 776. The fourth-order valence-electron chi connectivity index (χ4n) is 3.77. The van der Waals surface area contributed by atoms with Crippen molar-refractivity contribution < 1.29 is 4.79 Å². The molecule has 3 heteroatoms. The zero-order valence-corrected chi connectivity index (χ0v) is 13.3. The zero-order chi connectivity index (χ0) is 15.8. The average Bonchev–Trinajstić information content (AvgIpc) is 2.75. The number of rotatable bonds is 1. The second kappa shape index (κ2) is 5.65. The molecule has 0 aromatic heterocycles. The van der Waals surface area contributed by atoms with E-state index in [0.29, 0.717) is 0 Å². The number of urea groups is 1. The lowest BCUT2D eigenvalue weighted by molar-refractivity contribution is 0.239. The summed E-state index contributed by atoms with van der Waals surface area (Å²) >= 11 is 0. The zero-order valence-electron chi connectivity index (χ0n) is 13.3. The van der Waals surface area contributed by atoms with Gasteiger partial charge in [-0.15, -0.1) is 0 Å². The predicted molar refractivity (Wildman–Crippen MR) is 91.9 cm³/mol. The van der Waals surface area contributed by atoms with E-state index in [1.165, 1.54) is 16.7 Å². The van der Waals surface area contributed by atoms with Crippen LogP contribution in [0.2, 0.25) is 0 Å². The van der Waals surface area contributed by atoms with Crippen molar-refractivity contribution >= 4 is 11.7 Å². The SMILES string of the molecule is Cc1ccc(C2NC(=O)N=C3c4ccccc4CCCC32)cc1. The molecule has 2 amide bonds. The molecule has 4 rings (SSSR count). The van der Waals surface area contributed by atoms with Crippen LogP contribution in [0, 0.1) is 12.8 Å². The Morgan fingerprint density at radius 3 is 2.70 bits per heavy atom. The molecule has 116 valence electrons. The number of nitrogens with one attached hydrogen (secondary N) is 1. The first-order chi connectivity index (χ1) is 11.2.